The van der Waals surface area contributed by atoms with E-state index in [-0.39, 0.29) is 5.69 Å². The number of hydrogen-bond acceptors (Lipinski definition) is 5. The second-order valence-corrected chi connectivity index (χ2v) is 5.34. The van der Waals surface area contributed by atoms with Crippen LogP contribution in [0.3, 0.4) is 0 Å². The molecule has 0 radical (unpaired) electrons. The highest BCUT2D eigenvalue weighted by atomic mass is 16.3. The largest absolute Gasteiger partial charge is 0.390 e. The molecule has 7 nitrogen and oxygen atoms in total. The molecule has 1 fully saturated rings. The molecule has 1 saturated heterocycles. The molecule has 0 aliphatic carbocycles. The number of aromatic amines is 1. The first-order valence-corrected chi connectivity index (χ1v) is 6.45. The third-order valence-corrected chi connectivity index (χ3v) is 3.68. The molecule has 0 spiro atoms. The van der Waals surface area contributed by atoms with Crippen molar-refractivity contribution in [1.82, 2.24) is 19.6 Å². The van der Waals surface area contributed by atoms with Gasteiger partial charge in [0.1, 0.15) is 12.1 Å². The van der Waals surface area contributed by atoms with Gasteiger partial charge >= 0.3 is 5.69 Å². The number of fused-ring (bicyclic) bond motifs is 1. The SMILES string of the molecule is CC1(O)CCCN(c2cc3n[nH]c(=O)n3cn2)CC1. The van der Waals surface area contributed by atoms with Crippen molar-refractivity contribution < 1.29 is 5.11 Å². The van der Waals surface area contributed by atoms with Gasteiger partial charge in [-0.05, 0) is 26.2 Å². The summed E-state index contributed by atoms with van der Waals surface area (Å²) in [6.07, 6.45) is 3.92. The zero-order valence-electron chi connectivity index (χ0n) is 10.8. The molecule has 1 atom stereocenters. The number of hydrogen-bond donors (Lipinski definition) is 2. The first-order valence-electron chi connectivity index (χ1n) is 6.45. The molecule has 2 aromatic rings. The molecule has 0 amide bonds. The summed E-state index contributed by atoms with van der Waals surface area (Å²) >= 11 is 0. The molecule has 7 heteroatoms. The van der Waals surface area contributed by atoms with E-state index in [1.165, 1.54) is 10.7 Å². The highest BCUT2D eigenvalue weighted by Crippen LogP contribution is 2.24. The smallest absolute Gasteiger partial charge is 0.348 e. The maximum Gasteiger partial charge on any atom is 0.348 e. The van der Waals surface area contributed by atoms with Gasteiger partial charge in [-0.25, -0.2) is 19.3 Å². The number of nitrogens with zero attached hydrogens (tertiary/aromatic N) is 4. The highest BCUT2D eigenvalue weighted by Gasteiger charge is 2.25. The second-order valence-electron chi connectivity index (χ2n) is 5.34. The Bertz CT molecular complexity index is 645. The summed E-state index contributed by atoms with van der Waals surface area (Å²) in [5.74, 6) is 0.796. The number of aliphatic hydroxyl groups is 1. The number of anilines is 1. The standard InChI is InChI=1S/C12H17N5O2/c1-12(19)3-2-5-16(6-4-12)9-7-10-14-15-11(18)17(10)8-13-9/h7-8,19H,2-6H2,1H3,(H,15,18). The van der Waals surface area contributed by atoms with Crippen molar-refractivity contribution in [2.45, 2.75) is 31.8 Å². The molecule has 0 aromatic carbocycles. The number of aromatic nitrogens is 4. The van der Waals surface area contributed by atoms with Crippen LogP contribution in [-0.4, -0.2) is 43.4 Å². The molecule has 19 heavy (non-hydrogen) atoms. The van der Waals surface area contributed by atoms with Gasteiger partial charge in [-0.1, -0.05) is 0 Å². The van der Waals surface area contributed by atoms with E-state index < -0.39 is 5.60 Å². The first kappa shape index (κ1) is 12.2. The summed E-state index contributed by atoms with van der Waals surface area (Å²) in [5, 5.41) is 16.4. The van der Waals surface area contributed by atoms with Crippen LogP contribution in [0, 0.1) is 0 Å². The Morgan fingerprint density at radius 3 is 3.11 bits per heavy atom. The van der Waals surface area contributed by atoms with E-state index in [0.29, 0.717) is 12.1 Å². The Morgan fingerprint density at radius 1 is 1.42 bits per heavy atom. The summed E-state index contributed by atoms with van der Waals surface area (Å²) in [6, 6.07) is 1.79. The van der Waals surface area contributed by atoms with Gasteiger partial charge in [0.15, 0.2) is 5.65 Å². The fourth-order valence-corrected chi connectivity index (χ4v) is 2.47. The first-order chi connectivity index (χ1) is 9.05. The monoisotopic (exact) mass is 263 g/mol. The maximum atomic E-state index is 11.4. The number of rotatable bonds is 1. The highest BCUT2D eigenvalue weighted by molar-refractivity contribution is 5.50. The summed E-state index contributed by atoms with van der Waals surface area (Å²) in [5.41, 5.74) is -0.318. The molecule has 1 aliphatic rings. The molecule has 0 bridgehead atoms. The number of nitrogens with one attached hydrogen (secondary N) is 1. The van der Waals surface area contributed by atoms with Gasteiger partial charge in [-0.15, -0.1) is 0 Å². The summed E-state index contributed by atoms with van der Waals surface area (Å²) in [7, 11) is 0. The Labute approximate surface area is 109 Å². The van der Waals surface area contributed by atoms with Gasteiger partial charge < -0.3 is 10.0 Å². The van der Waals surface area contributed by atoms with Crippen LogP contribution >= 0.6 is 0 Å². The summed E-state index contributed by atoms with van der Waals surface area (Å²) in [4.78, 5) is 17.8. The molecule has 0 saturated carbocycles. The van der Waals surface area contributed by atoms with Crippen LogP contribution in [0.2, 0.25) is 0 Å². The topological polar surface area (TPSA) is 86.5 Å². The van der Waals surface area contributed by atoms with Crippen LogP contribution in [0.15, 0.2) is 17.2 Å². The average Bonchev–Trinajstić information content (AvgIpc) is 2.64. The molecule has 1 unspecified atom stereocenters. The van der Waals surface area contributed by atoms with E-state index in [9.17, 15) is 9.90 Å². The molecule has 2 N–H and O–H groups in total. The lowest BCUT2D eigenvalue weighted by Gasteiger charge is -2.23. The molecule has 3 heterocycles. The molecule has 1 aliphatic heterocycles. The van der Waals surface area contributed by atoms with Crippen molar-refractivity contribution in [3.63, 3.8) is 0 Å². The summed E-state index contributed by atoms with van der Waals surface area (Å²) in [6.45, 7) is 3.49. The van der Waals surface area contributed by atoms with Gasteiger partial charge in [0.25, 0.3) is 0 Å². The Hall–Kier alpha value is -1.89. The lowest BCUT2D eigenvalue weighted by Crippen LogP contribution is -2.29. The minimum absolute atomic E-state index is 0.284. The van der Waals surface area contributed by atoms with E-state index in [4.69, 9.17) is 0 Å². The minimum atomic E-state index is -0.595. The van der Waals surface area contributed by atoms with Crippen molar-refractivity contribution in [2.75, 3.05) is 18.0 Å². The zero-order valence-corrected chi connectivity index (χ0v) is 10.8. The van der Waals surface area contributed by atoms with Gasteiger partial charge in [0.2, 0.25) is 0 Å². The van der Waals surface area contributed by atoms with Gasteiger partial charge in [-0.2, -0.15) is 5.10 Å². The fourth-order valence-electron chi connectivity index (χ4n) is 2.47. The van der Waals surface area contributed by atoms with E-state index in [2.05, 4.69) is 20.1 Å². The molecule has 102 valence electrons. The van der Waals surface area contributed by atoms with Crippen molar-refractivity contribution >= 4 is 11.5 Å². The van der Waals surface area contributed by atoms with Crippen LogP contribution in [-0.2, 0) is 0 Å². The van der Waals surface area contributed by atoms with Gasteiger partial charge in [-0.3, -0.25) is 0 Å². The van der Waals surface area contributed by atoms with Crippen LogP contribution in [0.1, 0.15) is 26.2 Å². The van der Waals surface area contributed by atoms with Crippen LogP contribution in [0.5, 0.6) is 0 Å². The van der Waals surface area contributed by atoms with Crippen LogP contribution < -0.4 is 10.6 Å². The second kappa shape index (κ2) is 4.34. The normalized spacial score (nSPS) is 24.6. The quantitative estimate of drug-likeness (QED) is 0.765. The van der Waals surface area contributed by atoms with Crippen LogP contribution in [0.25, 0.3) is 5.65 Å². The Kier molecular flexibility index (Phi) is 2.78. The maximum absolute atomic E-state index is 11.4. The average molecular weight is 263 g/mol. The predicted octanol–water partition coefficient (Wildman–Crippen LogP) is 0.159. The van der Waals surface area contributed by atoms with Crippen molar-refractivity contribution in [1.29, 1.82) is 0 Å². The van der Waals surface area contributed by atoms with Crippen molar-refractivity contribution in [3.05, 3.63) is 22.9 Å². The summed E-state index contributed by atoms with van der Waals surface area (Å²) < 4.78 is 1.37. The third-order valence-electron chi connectivity index (χ3n) is 3.68. The van der Waals surface area contributed by atoms with Crippen LogP contribution in [0.4, 0.5) is 5.82 Å². The zero-order chi connectivity index (χ0) is 13.5. The van der Waals surface area contributed by atoms with E-state index in [1.54, 1.807) is 6.07 Å². The lowest BCUT2D eigenvalue weighted by atomic mass is 9.98. The van der Waals surface area contributed by atoms with Crippen molar-refractivity contribution in [3.8, 4) is 0 Å². The Morgan fingerprint density at radius 2 is 2.26 bits per heavy atom. The minimum Gasteiger partial charge on any atom is -0.390 e. The Balaban J connectivity index is 1.89. The number of H-pyrrole nitrogens is 1. The van der Waals surface area contributed by atoms with Gasteiger partial charge in [0, 0.05) is 19.2 Å². The van der Waals surface area contributed by atoms with E-state index in [0.717, 1.165) is 31.7 Å². The van der Waals surface area contributed by atoms with E-state index in [1.807, 2.05) is 6.92 Å². The third kappa shape index (κ3) is 2.33. The van der Waals surface area contributed by atoms with Crippen molar-refractivity contribution in [2.24, 2.45) is 0 Å². The van der Waals surface area contributed by atoms with Gasteiger partial charge in [0.05, 0.1) is 5.60 Å². The van der Waals surface area contributed by atoms with E-state index >= 15 is 0 Å². The molecule has 3 rings (SSSR count). The molecular weight excluding hydrogens is 246 g/mol. The predicted molar refractivity (Wildman–Crippen MR) is 70.3 cm³/mol. The fraction of sp³-hybridized carbons (Fsp3) is 0.583. The molecular formula is C12H17N5O2. The molecule has 2 aromatic heterocycles. The lowest BCUT2D eigenvalue weighted by molar-refractivity contribution is 0.0481.